The summed E-state index contributed by atoms with van der Waals surface area (Å²) in [7, 11) is 0. The minimum Gasteiger partial charge on any atom is -0.275 e. The van der Waals surface area contributed by atoms with Gasteiger partial charge in [0.2, 0.25) is 11.9 Å². The predicted octanol–water partition coefficient (Wildman–Crippen LogP) is 4.33. The number of carbonyl (C=O) groups is 1. The van der Waals surface area contributed by atoms with Gasteiger partial charge in [0.05, 0.1) is 12.1 Å². The molecular weight excluding hydrogens is 348 g/mol. The van der Waals surface area contributed by atoms with Gasteiger partial charge in [0, 0.05) is 11.9 Å². The fraction of sp³-hybridized carbons (Fsp3) is 0.250. The fourth-order valence-corrected chi connectivity index (χ4v) is 3.71. The van der Waals surface area contributed by atoms with Crippen LogP contribution in [-0.2, 0) is 4.79 Å². The van der Waals surface area contributed by atoms with Crippen LogP contribution >= 0.6 is 11.6 Å². The molecule has 0 bridgehead atoms. The summed E-state index contributed by atoms with van der Waals surface area (Å²) in [5, 5.41) is 5.08. The fourth-order valence-electron chi connectivity index (χ4n) is 3.59. The highest BCUT2D eigenvalue weighted by Gasteiger charge is 2.38. The second-order valence-corrected chi connectivity index (χ2v) is 7.06. The summed E-state index contributed by atoms with van der Waals surface area (Å²) < 4.78 is 1.85. The Hall–Kier alpha value is -2.66. The largest absolute Gasteiger partial charge is 0.275 e. The highest BCUT2D eigenvalue weighted by Crippen LogP contribution is 2.41. The Balaban J connectivity index is 1.82. The third kappa shape index (κ3) is 2.88. The first kappa shape index (κ1) is 16.8. The molecule has 132 valence electrons. The van der Waals surface area contributed by atoms with Crippen LogP contribution in [0, 0.1) is 6.92 Å². The molecule has 1 aromatic heterocycles. The van der Waals surface area contributed by atoms with Crippen molar-refractivity contribution in [3.8, 4) is 0 Å². The molecule has 0 N–H and O–H groups in total. The molecule has 0 spiro atoms. The van der Waals surface area contributed by atoms with Gasteiger partial charge in [0.1, 0.15) is 6.33 Å². The molecule has 1 amide bonds. The molecule has 26 heavy (non-hydrogen) atoms. The molecule has 0 radical (unpaired) electrons. The summed E-state index contributed by atoms with van der Waals surface area (Å²) >= 11 is 6.05. The second kappa shape index (κ2) is 6.57. The van der Waals surface area contributed by atoms with Gasteiger partial charge in [-0.15, -0.1) is 0 Å². The van der Waals surface area contributed by atoms with Crippen LogP contribution in [0.25, 0.3) is 0 Å². The number of hydrogen-bond donors (Lipinski definition) is 0. The molecule has 2 aromatic carbocycles. The van der Waals surface area contributed by atoms with Gasteiger partial charge in [0.25, 0.3) is 0 Å². The average Bonchev–Trinajstić information content (AvgIpc) is 3.11. The van der Waals surface area contributed by atoms with Gasteiger partial charge in [-0.25, -0.2) is 4.68 Å². The van der Waals surface area contributed by atoms with E-state index in [2.05, 4.69) is 41.3 Å². The van der Waals surface area contributed by atoms with E-state index < -0.39 is 0 Å². The Bertz CT molecular complexity index is 933. The monoisotopic (exact) mass is 366 g/mol. The Morgan fingerprint density at radius 2 is 1.65 bits per heavy atom. The Kier molecular flexibility index (Phi) is 4.24. The molecule has 0 unspecified atom stereocenters. The molecule has 3 aromatic rings. The predicted molar refractivity (Wildman–Crippen MR) is 101 cm³/mol. The van der Waals surface area contributed by atoms with E-state index in [0.717, 1.165) is 17.5 Å². The number of amides is 1. The highest BCUT2D eigenvalue weighted by molar-refractivity contribution is 6.30. The van der Waals surface area contributed by atoms with E-state index in [1.165, 1.54) is 11.9 Å². The maximum atomic E-state index is 12.4. The third-order valence-corrected chi connectivity index (χ3v) is 5.13. The number of benzene rings is 2. The van der Waals surface area contributed by atoms with Crippen molar-refractivity contribution < 1.29 is 4.79 Å². The van der Waals surface area contributed by atoms with Gasteiger partial charge >= 0.3 is 0 Å². The maximum absolute atomic E-state index is 12.4. The third-order valence-electron chi connectivity index (χ3n) is 4.88. The highest BCUT2D eigenvalue weighted by atomic mass is 35.5. The second-order valence-electron chi connectivity index (χ2n) is 6.62. The molecule has 5 nitrogen and oxygen atoms in total. The topological polar surface area (TPSA) is 51.0 Å². The normalized spacial score (nSPS) is 19.3. The number of hydrogen-bond acceptors (Lipinski definition) is 3. The lowest BCUT2D eigenvalue weighted by atomic mass is 9.91. The van der Waals surface area contributed by atoms with E-state index in [4.69, 9.17) is 11.6 Å². The van der Waals surface area contributed by atoms with Crippen molar-refractivity contribution in [3.63, 3.8) is 0 Å². The van der Waals surface area contributed by atoms with Crippen LogP contribution in [0.2, 0.25) is 5.02 Å². The van der Waals surface area contributed by atoms with Crippen molar-refractivity contribution >= 4 is 23.5 Å². The first-order valence-electron chi connectivity index (χ1n) is 8.56. The lowest BCUT2D eigenvalue weighted by Crippen LogP contribution is -2.41. The lowest BCUT2D eigenvalue weighted by Gasteiger charge is -2.38. The number of carbonyl (C=O) groups excluding carboxylic acids is 1. The Morgan fingerprint density at radius 3 is 2.31 bits per heavy atom. The van der Waals surface area contributed by atoms with Crippen LogP contribution in [0.3, 0.4) is 0 Å². The number of aryl methyl sites for hydroxylation is 1. The van der Waals surface area contributed by atoms with Gasteiger partial charge < -0.3 is 0 Å². The van der Waals surface area contributed by atoms with Crippen molar-refractivity contribution in [2.45, 2.75) is 32.4 Å². The lowest BCUT2D eigenvalue weighted by molar-refractivity contribution is -0.117. The van der Waals surface area contributed by atoms with Gasteiger partial charge in [-0.3, -0.25) is 9.69 Å². The molecule has 0 saturated carbocycles. The van der Waals surface area contributed by atoms with Crippen molar-refractivity contribution in [3.05, 3.63) is 76.6 Å². The summed E-state index contributed by atoms with van der Waals surface area (Å²) in [5.41, 5.74) is 3.41. The van der Waals surface area contributed by atoms with Gasteiger partial charge in [-0.2, -0.15) is 10.1 Å². The van der Waals surface area contributed by atoms with Crippen LogP contribution in [0.1, 0.15) is 42.1 Å². The minimum atomic E-state index is -0.118. The Morgan fingerprint density at radius 1 is 1.04 bits per heavy atom. The Labute approximate surface area is 157 Å². The molecule has 0 fully saturated rings. The number of aromatic nitrogens is 3. The maximum Gasteiger partial charge on any atom is 0.231 e. The molecule has 0 aliphatic carbocycles. The summed E-state index contributed by atoms with van der Waals surface area (Å²) in [4.78, 5) is 18.5. The zero-order chi connectivity index (χ0) is 18.3. The molecule has 2 atom stereocenters. The SMILES string of the molecule is CC(=O)N1c2ncnn2[C@H](c2ccc(C)cc2)C[C@@H]1c1ccc(Cl)cc1. The van der Waals surface area contributed by atoms with Crippen LogP contribution < -0.4 is 4.90 Å². The smallest absolute Gasteiger partial charge is 0.231 e. The van der Waals surface area contributed by atoms with Gasteiger partial charge in [0.15, 0.2) is 0 Å². The van der Waals surface area contributed by atoms with E-state index in [9.17, 15) is 4.79 Å². The number of halogens is 1. The zero-order valence-electron chi connectivity index (χ0n) is 14.6. The van der Waals surface area contributed by atoms with Gasteiger partial charge in [-0.05, 0) is 36.6 Å². The number of nitrogens with zero attached hydrogens (tertiary/aromatic N) is 4. The number of rotatable bonds is 2. The molecule has 1 aliphatic rings. The molecular formula is C20H19ClN4O. The number of fused-ring (bicyclic) bond motifs is 1. The summed E-state index contributed by atoms with van der Waals surface area (Å²) in [6.07, 6.45) is 2.23. The van der Waals surface area contributed by atoms with Crippen molar-refractivity contribution in [1.82, 2.24) is 14.8 Å². The van der Waals surface area contributed by atoms with Crippen LogP contribution in [0.15, 0.2) is 54.9 Å². The summed E-state index contributed by atoms with van der Waals surface area (Å²) in [5.74, 6) is 0.524. The number of anilines is 1. The van der Waals surface area contributed by atoms with E-state index in [-0.39, 0.29) is 18.0 Å². The zero-order valence-corrected chi connectivity index (χ0v) is 15.4. The molecule has 0 saturated heterocycles. The van der Waals surface area contributed by atoms with Gasteiger partial charge in [-0.1, -0.05) is 53.6 Å². The van der Waals surface area contributed by atoms with Crippen molar-refractivity contribution in [2.24, 2.45) is 0 Å². The van der Waals surface area contributed by atoms with Crippen LogP contribution in [-0.4, -0.2) is 20.7 Å². The summed E-state index contributed by atoms with van der Waals surface area (Å²) in [6, 6.07) is 16.0. The minimum absolute atomic E-state index is 0.0179. The molecule has 2 heterocycles. The molecule has 4 rings (SSSR count). The van der Waals surface area contributed by atoms with E-state index >= 15 is 0 Å². The first-order chi connectivity index (χ1) is 12.5. The first-order valence-corrected chi connectivity index (χ1v) is 8.93. The quantitative estimate of drug-likeness (QED) is 0.678. The molecule has 1 aliphatic heterocycles. The van der Waals surface area contributed by atoms with Crippen LogP contribution in [0.4, 0.5) is 5.95 Å². The van der Waals surface area contributed by atoms with E-state index in [1.807, 2.05) is 28.9 Å². The average molecular weight is 367 g/mol. The van der Waals surface area contributed by atoms with E-state index in [0.29, 0.717) is 11.0 Å². The van der Waals surface area contributed by atoms with Crippen LogP contribution in [0.5, 0.6) is 0 Å². The van der Waals surface area contributed by atoms with Crippen molar-refractivity contribution in [2.75, 3.05) is 4.90 Å². The standard InChI is InChI=1S/C20H19ClN4O/c1-13-3-5-16(6-4-13)19-11-18(15-7-9-17(21)10-8-15)24(14(2)26)20-22-12-23-25(19)20/h3-10,12,18-19H,11H2,1-2H3/t18-,19+/m1/s1. The van der Waals surface area contributed by atoms with Crippen molar-refractivity contribution in [1.29, 1.82) is 0 Å². The molecule has 6 heteroatoms. The van der Waals surface area contributed by atoms with E-state index in [1.54, 1.807) is 11.8 Å². The summed E-state index contributed by atoms with van der Waals surface area (Å²) in [6.45, 7) is 3.63.